The fourth-order valence-corrected chi connectivity index (χ4v) is 2.13. The number of aliphatic hydroxyl groups is 1. The third-order valence-electron chi connectivity index (χ3n) is 3.30. The highest BCUT2D eigenvalue weighted by Gasteiger charge is 2.24. The van der Waals surface area contributed by atoms with Crippen LogP contribution < -0.4 is 11.3 Å². The molecule has 0 aliphatic heterocycles. The predicted octanol–water partition coefficient (Wildman–Crippen LogP) is 0.714. The summed E-state index contributed by atoms with van der Waals surface area (Å²) in [6, 6.07) is 6.38. The van der Waals surface area contributed by atoms with Crippen molar-refractivity contribution in [2.75, 3.05) is 18.6 Å². The van der Waals surface area contributed by atoms with Crippen molar-refractivity contribution in [1.82, 2.24) is 9.88 Å². The van der Waals surface area contributed by atoms with Crippen LogP contribution in [0.1, 0.15) is 25.0 Å². The summed E-state index contributed by atoms with van der Waals surface area (Å²) in [5.74, 6) is 6.02. The van der Waals surface area contributed by atoms with Crippen LogP contribution in [0.3, 0.4) is 0 Å². The van der Waals surface area contributed by atoms with Crippen molar-refractivity contribution in [2.45, 2.75) is 31.8 Å². The van der Waals surface area contributed by atoms with Crippen molar-refractivity contribution < 1.29 is 5.11 Å². The first-order chi connectivity index (χ1) is 8.33. The van der Waals surface area contributed by atoms with E-state index in [1.807, 2.05) is 18.2 Å². The van der Waals surface area contributed by atoms with Crippen molar-refractivity contribution in [1.29, 1.82) is 0 Å². The van der Waals surface area contributed by atoms with Gasteiger partial charge in [0.05, 0.1) is 12.3 Å². The highest BCUT2D eigenvalue weighted by atomic mass is 16.3. The van der Waals surface area contributed by atoms with Crippen molar-refractivity contribution >= 4 is 5.82 Å². The number of aromatic nitrogens is 1. The zero-order chi connectivity index (χ0) is 12.1. The molecule has 5 nitrogen and oxygen atoms in total. The molecule has 0 bridgehead atoms. The zero-order valence-corrected chi connectivity index (χ0v) is 9.97. The Kier molecular flexibility index (Phi) is 4.30. The molecule has 0 unspecified atom stereocenters. The molecule has 1 aliphatic rings. The molecule has 1 saturated carbocycles. The van der Waals surface area contributed by atoms with Crippen LogP contribution in [-0.4, -0.2) is 34.2 Å². The van der Waals surface area contributed by atoms with E-state index in [9.17, 15) is 0 Å². The van der Waals surface area contributed by atoms with E-state index in [0.29, 0.717) is 18.4 Å². The Bertz CT molecular complexity index is 354. The summed E-state index contributed by atoms with van der Waals surface area (Å²) >= 11 is 0. The van der Waals surface area contributed by atoms with Crippen molar-refractivity contribution in [3.63, 3.8) is 0 Å². The normalized spacial score (nSPS) is 15.9. The maximum absolute atomic E-state index is 9.09. The van der Waals surface area contributed by atoms with Gasteiger partial charge in [0.25, 0.3) is 0 Å². The highest BCUT2D eigenvalue weighted by Crippen LogP contribution is 2.25. The molecule has 1 aromatic heterocycles. The van der Waals surface area contributed by atoms with Crippen molar-refractivity contribution in [3.05, 3.63) is 23.9 Å². The first-order valence-electron chi connectivity index (χ1n) is 6.11. The molecule has 0 amide bonds. The van der Waals surface area contributed by atoms with Crippen LogP contribution in [0.4, 0.5) is 5.82 Å². The molecule has 0 aromatic carbocycles. The van der Waals surface area contributed by atoms with Gasteiger partial charge in [-0.15, -0.1) is 0 Å². The van der Waals surface area contributed by atoms with Crippen LogP contribution in [0, 0.1) is 0 Å². The summed E-state index contributed by atoms with van der Waals surface area (Å²) in [5.41, 5.74) is 3.54. The minimum atomic E-state index is 0.200. The van der Waals surface area contributed by atoms with Crippen LogP contribution in [0.25, 0.3) is 0 Å². The summed E-state index contributed by atoms with van der Waals surface area (Å²) in [5, 5.41) is 9.09. The Morgan fingerprint density at radius 3 is 2.88 bits per heavy atom. The Balaban J connectivity index is 2.00. The van der Waals surface area contributed by atoms with Crippen molar-refractivity contribution in [3.8, 4) is 0 Å². The number of nitrogen functional groups attached to an aromatic ring is 1. The number of pyridine rings is 1. The second kappa shape index (κ2) is 5.95. The van der Waals surface area contributed by atoms with E-state index in [1.165, 1.54) is 19.3 Å². The lowest BCUT2D eigenvalue weighted by Gasteiger charge is -2.37. The van der Waals surface area contributed by atoms with Crippen LogP contribution in [0.5, 0.6) is 0 Å². The number of nitrogens with zero attached hydrogens (tertiary/aromatic N) is 2. The number of rotatable bonds is 6. The summed E-state index contributed by atoms with van der Waals surface area (Å²) in [4.78, 5) is 6.69. The van der Waals surface area contributed by atoms with Crippen LogP contribution >= 0.6 is 0 Å². The molecule has 1 fully saturated rings. The Morgan fingerprint density at radius 2 is 2.29 bits per heavy atom. The van der Waals surface area contributed by atoms with Crippen LogP contribution in [0.15, 0.2) is 18.2 Å². The van der Waals surface area contributed by atoms with Gasteiger partial charge in [-0.2, -0.15) is 0 Å². The molecular weight excluding hydrogens is 216 g/mol. The first-order valence-corrected chi connectivity index (χ1v) is 6.11. The lowest BCUT2D eigenvalue weighted by atomic mass is 9.91. The second-order valence-corrected chi connectivity index (χ2v) is 4.44. The summed E-state index contributed by atoms with van der Waals surface area (Å²) < 4.78 is 0. The number of hydrazine groups is 1. The topological polar surface area (TPSA) is 74.4 Å². The zero-order valence-electron chi connectivity index (χ0n) is 9.97. The number of nitrogens with two attached hydrogens (primary N) is 1. The minimum Gasteiger partial charge on any atom is -0.395 e. The molecule has 0 spiro atoms. The molecule has 2 rings (SSSR count). The molecule has 0 atom stereocenters. The number of hydrogen-bond acceptors (Lipinski definition) is 5. The molecule has 5 heteroatoms. The van der Waals surface area contributed by atoms with E-state index >= 15 is 0 Å². The quantitative estimate of drug-likeness (QED) is 0.501. The van der Waals surface area contributed by atoms with E-state index in [1.54, 1.807) is 0 Å². The van der Waals surface area contributed by atoms with Gasteiger partial charge in [-0.25, -0.2) is 10.8 Å². The molecule has 1 heterocycles. The first kappa shape index (κ1) is 12.3. The third kappa shape index (κ3) is 3.15. The lowest BCUT2D eigenvalue weighted by Crippen LogP contribution is -2.41. The van der Waals surface area contributed by atoms with E-state index in [2.05, 4.69) is 15.3 Å². The summed E-state index contributed by atoms with van der Waals surface area (Å²) in [6.45, 7) is 1.69. The fourth-order valence-electron chi connectivity index (χ4n) is 2.13. The molecular formula is C12H20N4O. The monoisotopic (exact) mass is 236 g/mol. The Hall–Kier alpha value is -1.17. The predicted molar refractivity (Wildman–Crippen MR) is 67.2 cm³/mol. The highest BCUT2D eigenvalue weighted by molar-refractivity contribution is 5.33. The molecule has 1 aromatic rings. The average molecular weight is 236 g/mol. The SMILES string of the molecule is NNc1cccc(CN(CCO)C2CCC2)n1. The fraction of sp³-hybridized carbons (Fsp3) is 0.583. The smallest absolute Gasteiger partial charge is 0.140 e. The second-order valence-electron chi connectivity index (χ2n) is 4.44. The summed E-state index contributed by atoms with van der Waals surface area (Å²) in [6.07, 6.45) is 3.76. The van der Waals surface area contributed by atoms with Gasteiger partial charge in [-0.3, -0.25) is 4.90 Å². The molecule has 0 radical (unpaired) electrons. The standard InChI is InChI=1S/C12H20N4O/c13-15-12-6-1-3-10(14-12)9-16(7-8-17)11-4-2-5-11/h1,3,6,11,17H,2,4-5,7-9,13H2,(H,14,15). The average Bonchev–Trinajstić information content (AvgIpc) is 2.27. The molecule has 1 aliphatic carbocycles. The Labute approximate surface area is 102 Å². The minimum absolute atomic E-state index is 0.200. The van der Waals surface area contributed by atoms with Gasteiger partial charge in [0.2, 0.25) is 0 Å². The van der Waals surface area contributed by atoms with Gasteiger partial charge < -0.3 is 10.5 Å². The number of aliphatic hydroxyl groups excluding tert-OH is 1. The maximum atomic E-state index is 9.09. The van der Waals surface area contributed by atoms with E-state index in [4.69, 9.17) is 10.9 Å². The van der Waals surface area contributed by atoms with E-state index < -0.39 is 0 Å². The maximum Gasteiger partial charge on any atom is 0.140 e. The lowest BCUT2D eigenvalue weighted by molar-refractivity contribution is 0.0934. The van der Waals surface area contributed by atoms with Gasteiger partial charge in [-0.1, -0.05) is 12.5 Å². The number of nitrogens with one attached hydrogen (secondary N) is 1. The van der Waals surface area contributed by atoms with E-state index in [0.717, 1.165) is 12.2 Å². The van der Waals surface area contributed by atoms with E-state index in [-0.39, 0.29) is 6.61 Å². The summed E-state index contributed by atoms with van der Waals surface area (Å²) in [7, 11) is 0. The van der Waals surface area contributed by atoms with Gasteiger partial charge in [0.15, 0.2) is 0 Å². The molecule has 4 N–H and O–H groups in total. The van der Waals surface area contributed by atoms with Gasteiger partial charge in [-0.05, 0) is 25.0 Å². The van der Waals surface area contributed by atoms with Crippen LogP contribution in [-0.2, 0) is 6.54 Å². The number of anilines is 1. The Morgan fingerprint density at radius 1 is 1.47 bits per heavy atom. The van der Waals surface area contributed by atoms with Gasteiger partial charge >= 0.3 is 0 Å². The van der Waals surface area contributed by atoms with Gasteiger partial charge in [0.1, 0.15) is 5.82 Å². The van der Waals surface area contributed by atoms with Crippen molar-refractivity contribution in [2.24, 2.45) is 5.84 Å². The number of hydrogen-bond donors (Lipinski definition) is 3. The third-order valence-corrected chi connectivity index (χ3v) is 3.30. The molecule has 0 saturated heterocycles. The molecule has 94 valence electrons. The molecule has 17 heavy (non-hydrogen) atoms. The van der Waals surface area contributed by atoms with Crippen LogP contribution in [0.2, 0.25) is 0 Å². The van der Waals surface area contributed by atoms with Gasteiger partial charge in [0, 0.05) is 19.1 Å². The largest absolute Gasteiger partial charge is 0.395 e.